The van der Waals surface area contributed by atoms with Crippen molar-refractivity contribution < 1.29 is 4.39 Å². The van der Waals surface area contributed by atoms with Crippen LogP contribution in [0.3, 0.4) is 0 Å². The molecule has 0 radical (unpaired) electrons. The number of aryl methyl sites for hydroxylation is 1. The van der Waals surface area contributed by atoms with Crippen molar-refractivity contribution >= 4 is 0 Å². The topological polar surface area (TPSA) is 26.0 Å². The molecule has 0 bridgehead atoms. The van der Waals surface area contributed by atoms with Crippen molar-refractivity contribution in [1.82, 2.24) is 0 Å². The molecule has 1 fully saturated rings. The van der Waals surface area contributed by atoms with Gasteiger partial charge in [-0.1, -0.05) is 25.3 Å². The second kappa shape index (κ2) is 4.17. The number of hydrogen-bond donors (Lipinski definition) is 1. The van der Waals surface area contributed by atoms with Crippen molar-refractivity contribution in [2.45, 2.75) is 51.5 Å². The summed E-state index contributed by atoms with van der Waals surface area (Å²) in [5.74, 6) is -0.129. The lowest BCUT2D eigenvalue weighted by Crippen LogP contribution is -2.40. The Morgan fingerprint density at radius 3 is 2.38 bits per heavy atom. The lowest BCUT2D eigenvalue weighted by molar-refractivity contribution is 0.298. The Labute approximate surface area is 96.9 Å². The van der Waals surface area contributed by atoms with E-state index in [1.807, 2.05) is 19.9 Å². The molecule has 1 saturated carbocycles. The Kier molecular flexibility index (Phi) is 3.02. The Bertz CT molecular complexity index is 392. The van der Waals surface area contributed by atoms with Gasteiger partial charge in [-0.2, -0.15) is 0 Å². The fraction of sp³-hybridized carbons (Fsp3) is 0.571. The molecule has 0 unspecified atom stereocenters. The number of nitrogens with two attached hydrogens (primary N) is 1. The average Bonchev–Trinajstić information content (AvgIpc) is 2.25. The highest BCUT2D eigenvalue weighted by Gasteiger charge is 2.32. The number of rotatable bonds is 1. The smallest absolute Gasteiger partial charge is 0.126 e. The van der Waals surface area contributed by atoms with Crippen molar-refractivity contribution in [3.8, 4) is 0 Å². The van der Waals surface area contributed by atoms with Crippen LogP contribution in [-0.4, -0.2) is 0 Å². The molecule has 16 heavy (non-hydrogen) atoms. The van der Waals surface area contributed by atoms with Crippen LogP contribution in [0.15, 0.2) is 12.1 Å². The maximum Gasteiger partial charge on any atom is 0.126 e. The van der Waals surface area contributed by atoms with Crippen LogP contribution in [-0.2, 0) is 5.54 Å². The van der Waals surface area contributed by atoms with Crippen LogP contribution in [0.1, 0.15) is 48.8 Å². The SMILES string of the molecule is Cc1ccc(F)c(C)c1C1(N)CCCCC1. The summed E-state index contributed by atoms with van der Waals surface area (Å²) in [6.45, 7) is 3.88. The van der Waals surface area contributed by atoms with Gasteiger partial charge >= 0.3 is 0 Å². The van der Waals surface area contributed by atoms with Crippen LogP contribution >= 0.6 is 0 Å². The van der Waals surface area contributed by atoms with Gasteiger partial charge in [0.05, 0.1) is 0 Å². The van der Waals surface area contributed by atoms with E-state index < -0.39 is 0 Å². The zero-order chi connectivity index (χ0) is 11.8. The summed E-state index contributed by atoms with van der Waals surface area (Å²) in [5.41, 5.74) is 9.10. The molecule has 2 rings (SSSR count). The van der Waals surface area contributed by atoms with Crippen LogP contribution in [0.2, 0.25) is 0 Å². The molecule has 1 aromatic rings. The largest absolute Gasteiger partial charge is 0.321 e. The molecule has 0 heterocycles. The van der Waals surface area contributed by atoms with E-state index in [0.29, 0.717) is 0 Å². The highest BCUT2D eigenvalue weighted by Crippen LogP contribution is 2.38. The molecule has 0 spiro atoms. The van der Waals surface area contributed by atoms with Crippen molar-refractivity contribution in [3.63, 3.8) is 0 Å². The van der Waals surface area contributed by atoms with Crippen molar-refractivity contribution in [2.75, 3.05) is 0 Å². The number of benzene rings is 1. The molecule has 0 saturated heterocycles. The van der Waals surface area contributed by atoms with Crippen LogP contribution in [0.5, 0.6) is 0 Å². The maximum atomic E-state index is 13.6. The van der Waals surface area contributed by atoms with E-state index in [0.717, 1.165) is 42.4 Å². The van der Waals surface area contributed by atoms with E-state index in [1.165, 1.54) is 6.42 Å². The summed E-state index contributed by atoms with van der Waals surface area (Å²) in [6.07, 6.45) is 5.54. The molecule has 1 aliphatic rings. The Balaban J connectivity index is 2.49. The Morgan fingerprint density at radius 1 is 1.12 bits per heavy atom. The monoisotopic (exact) mass is 221 g/mol. The van der Waals surface area contributed by atoms with Crippen LogP contribution in [0.4, 0.5) is 4.39 Å². The van der Waals surface area contributed by atoms with Gasteiger partial charge in [0.15, 0.2) is 0 Å². The third-order valence-corrected chi connectivity index (χ3v) is 3.85. The van der Waals surface area contributed by atoms with Gasteiger partial charge in [0, 0.05) is 5.54 Å². The molecule has 88 valence electrons. The minimum atomic E-state index is -0.297. The normalized spacial score (nSPS) is 19.8. The van der Waals surface area contributed by atoms with Crippen LogP contribution < -0.4 is 5.73 Å². The molecule has 0 aliphatic heterocycles. The second-order valence-corrected chi connectivity index (χ2v) is 5.08. The molecule has 2 heteroatoms. The van der Waals surface area contributed by atoms with Crippen molar-refractivity contribution in [2.24, 2.45) is 5.73 Å². The quantitative estimate of drug-likeness (QED) is 0.771. The molecule has 1 aromatic carbocycles. The van der Waals surface area contributed by atoms with Crippen molar-refractivity contribution in [1.29, 1.82) is 0 Å². The zero-order valence-corrected chi connectivity index (χ0v) is 10.1. The first-order valence-electron chi connectivity index (χ1n) is 6.10. The fourth-order valence-corrected chi connectivity index (χ4v) is 3.02. The van der Waals surface area contributed by atoms with Gasteiger partial charge in [0.1, 0.15) is 5.82 Å². The summed E-state index contributed by atoms with van der Waals surface area (Å²) < 4.78 is 13.6. The number of hydrogen-bond acceptors (Lipinski definition) is 1. The first kappa shape index (κ1) is 11.6. The fourth-order valence-electron chi connectivity index (χ4n) is 3.02. The van der Waals surface area contributed by atoms with Crippen molar-refractivity contribution in [3.05, 3.63) is 34.6 Å². The highest BCUT2D eigenvalue weighted by molar-refractivity contribution is 5.40. The summed E-state index contributed by atoms with van der Waals surface area (Å²) in [4.78, 5) is 0. The molecular formula is C14H20FN. The van der Waals surface area contributed by atoms with Crippen LogP contribution in [0.25, 0.3) is 0 Å². The van der Waals surface area contributed by atoms with Gasteiger partial charge in [-0.25, -0.2) is 4.39 Å². The maximum absolute atomic E-state index is 13.6. The molecule has 0 aromatic heterocycles. The Hall–Kier alpha value is -0.890. The van der Waals surface area contributed by atoms with E-state index in [4.69, 9.17) is 5.73 Å². The standard InChI is InChI=1S/C14H20FN/c1-10-6-7-12(15)11(2)13(10)14(16)8-4-3-5-9-14/h6-7H,3-5,8-9,16H2,1-2H3. The van der Waals surface area contributed by atoms with Gasteiger partial charge in [-0.05, 0) is 49.4 Å². The predicted molar refractivity (Wildman–Crippen MR) is 64.8 cm³/mol. The van der Waals surface area contributed by atoms with Gasteiger partial charge in [-0.15, -0.1) is 0 Å². The third kappa shape index (κ3) is 1.86. The summed E-state index contributed by atoms with van der Waals surface area (Å²) in [6, 6.07) is 3.39. The van der Waals surface area contributed by atoms with E-state index in [9.17, 15) is 4.39 Å². The van der Waals surface area contributed by atoms with Crippen LogP contribution in [0, 0.1) is 19.7 Å². The van der Waals surface area contributed by atoms with E-state index in [2.05, 4.69) is 0 Å². The summed E-state index contributed by atoms with van der Waals surface area (Å²) in [7, 11) is 0. The summed E-state index contributed by atoms with van der Waals surface area (Å²) >= 11 is 0. The highest BCUT2D eigenvalue weighted by atomic mass is 19.1. The molecule has 1 nitrogen and oxygen atoms in total. The first-order valence-corrected chi connectivity index (χ1v) is 6.10. The Morgan fingerprint density at radius 2 is 1.75 bits per heavy atom. The van der Waals surface area contributed by atoms with Gasteiger partial charge in [0.25, 0.3) is 0 Å². The molecule has 0 atom stereocenters. The van der Waals surface area contributed by atoms with Gasteiger partial charge in [0.2, 0.25) is 0 Å². The number of halogens is 1. The van der Waals surface area contributed by atoms with Gasteiger partial charge in [-0.3, -0.25) is 0 Å². The third-order valence-electron chi connectivity index (χ3n) is 3.85. The first-order chi connectivity index (χ1) is 7.54. The van der Waals surface area contributed by atoms with E-state index in [1.54, 1.807) is 6.07 Å². The molecular weight excluding hydrogens is 201 g/mol. The minimum Gasteiger partial charge on any atom is -0.321 e. The van der Waals surface area contributed by atoms with Gasteiger partial charge < -0.3 is 5.73 Å². The zero-order valence-electron chi connectivity index (χ0n) is 10.1. The molecule has 0 amide bonds. The average molecular weight is 221 g/mol. The minimum absolute atomic E-state index is 0.129. The molecule has 2 N–H and O–H groups in total. The predicted octanol–water partition coefficient (Wildman–Crippen LogP) is 3.56. The second-order valence-electron chi connectivity index (χ2n) is 5.08. The lowest BCUT2D eigenvalue weighted by atomic mass is 9.74. The lowest BCUT2D eigenvalue weighted by Gasteiger charge is -2.36. The van der Waals surface area contributed by atoms with E-state index >= 15 is 0 Å². The van der Waals surface area contributed by atoms with E-state index in [-0.39, 0.29) is 11.4 Å². The molecule has 1 aliphatic carbocycles. The summed E-state index contributed by atoms with van der Waals surface area (Å²) in [5, 5.41) is 0.